The average molecular weight is 477 g/mol. The van der Waals surface area contributed by atoms with Crippen LogP contribution in [0.2, 0.25) is 0 Å². The van der Waals surface area contributed by atoms with E-state index in [4.69, 9.17) is 17.0 Å². The molecule has 8 nitrogen and oxygen atoms in total. The van der Waals surface area contributed by atoms with E-state index >= 15 is 0 Å². The van der Waals surface area contributed by atoms with Crippen LogP contribution in [0.15, 0.2) is 48.5 Å². The molecule has 2 N–H and O–H groups in total. The van der Waals surface area contributed by atoms with Crippen molar-refractivity contribution in [3.8, 4) is 5.75 Å². The Morgan fingerprint density at radius 3 is 2.50 bits per heavy atom. The molecule has 1 saturated heterocycles. The number of ether oxygens (including phenoxy) is 1. The van der Waals surface area contributed by atoms with Gasteiger partial charge in [0, 0.05) is 31.7 Å². The number of nitrogens with zero attached hydrogens (tertiary/aromatic N) is 2. The third-order valence-corrected chi connectivity index (χ3v) is 6.50. The summed E-state index contributed by atoms with van der Waals surface area (Å²) in [5, 5.41) is 5.98. The lowest BCUT2D eigenvalue weighted by Gasteiger charge is -2.35. The van der Waals surface area contributed by atoms with Gasteiger partial charge in [-0.05, 0) is 49.0 Å². The molecule has 0 saturated carbocycles. The maximum absolute atomic E-state index is 12.6. The van der Waals surface area contributed by atoms with E-state index in [1.54, 1.807) is 18.2 Å². The minimum atomic E-state index is -3.20. The van der Waals surface area contributed by atoms with Gasteiger partial charge in [0.2, 0.25) is 10.0 Å². The molecule has 1 fully saturated rings. The van der Waals surface area contributed by atoms with E-state index in [2.05, 4.69) is 15.5 Å². The van der Waals surface area contributed by atoms with Gasteiger partial charge in [0.25, 0.3) is 5.91 Å². The Morgan fingerprint density at radius 1 is 1.09 bits per heavy atom. The number of carbonyl (C=O) groups is 1. The van der Waals surface area contributed by atoms with Crippen molar-refractivity contribution < 1.29 is 17.9 Å². The van der Waals surface area contributed by atoms with Crippen LogP contribution < -0.4 is 20.3 Å². The lowest BCUT2D eigenvalue weighted by molar-refractivity contribution is 0.0977. The molecule has 0 spiro atoms. The number of anilines is 2. The molecule has 1 aliphatic rings. The number of benzene rings is 2. The highest BCUT2D eigenvalue weighted by molar-refractivity contribution is 7.88. The first-order valence-electron chi connectivity index (χ1n) is 10.4. The molecular weight excluding hydrogens is 448 g/mol. The summed E-state index contributed by atoms with van der Waals surface area (Å²) in [4.78, 5) is 14.7. The van der Waals surface area contributed by atoms with Crippen molar-refractivity contribution in [2.24, 2.45) is 0 Å². The van der Waals surface area contributed by atoms with Gasteiger partial charge in [0.15, 0.2) is 5.11 Å². The van der Waals surface area contributed by atoms with Crippen LogP contribution in [0.1, 0.15) is 23.7 Å². The summed E-state index contributed by atoms with van der Waals surface area (Å²) in [5.41, 5.74) is 2.09. The van der Waals surface area contributed by atoms with E-state index in [0.717, 1.165) is 17.8 Å². The van der Waals surface area contributed by atoms with E-state index in [1.807, 2.05) is 37.3 Å². The van der Waals surface area contributed by atoms with Crippen molar-refractivity contribution in [1.29, 1.82) is 0 Å². The molecule has 0 radical (unpaired) electrons. The van der Waals surface area contributed by atoms with Crippen LogP contribution in [0.3, 0.4) is 0 Å². The fourth-order valence-electron chi connectivity index (χ4n) is 3.39. The summed E-state index contributed by atoms with van der Waals surface area (Å²) < 4.78 is 30.6. The number of hydrogen-bond donors (Lipinski definition) is 2. The molecule has 32 heavy (non-hydrogen) atoms. The molecular formula is C22H28N4O4S2. The minimum absolute atomic E-state index is 0.178. The number of carbonyl (C=O) groups excluding carboxylic acids is 1. The second-order valence-electron chi connectivity index (χ2n) is 7.45. The molecule has 2 aromatic carbocycles. The van der Waals surface area contributed by atoms with E-state index in [-0.39, 0.29) is 11.0 Å². The smallest absolute Gasteiger partial charge is 0.257 e. The van der Waals surface area contributed by atoms with E-state index in [9.17, 15) is 13.2 Å². The Labute approximate surface area is 194 Å². The summed E-state index contributed by atoms with van der Waals surface area (Å²) in [6, 6.07) is 14.6. The predicted molar refractivity (Wildman–Crippen MR) is 131 cm³/mol. The standard InChI is InChI=1S/C22H28N4O4S2/c1-3-15-30-18-8-6-7-17(16-18)21(27)24-22(31)23-19-9-4-5-10-20(19)25-11-13-26(14-12-25)32(2,28)29/h4-10,16H,3,11-15H2,1-2H3,(H2,23,24,27,31). The third-order valence-electron chi connectivity index (χ3n) is 5.00. The molecule has 0 atom stereocenters. The van der Waals surface area contributed by atoms with Crippen molar-refractivity contribution >= 4 is 44.6 Å². The van der Waals surface area contributed by atoms with Crippen LogP contribution in [0, 0.1) is 0 Å². The van der Waals surface area contributed by atoms with Crippen LogP contribution in [-0.2, 0) is 10.0 Å². The van der Waals surface area contributed by atoms with Gasteiger partial charge in [-0.25, -0.2) is 8.42 Å². The van der Waals surface area contributed by atoms with Gasteiger partial charge < -0.3 is 15.0 Å². The van der Waals surface area contributed by atoms with E-state index in [0.29, 0.717) is 44.1 Å². The Kier molecular flexibility index (Phi) is 8.05. The molecule has 10 heteroatoms. The van der Waals surface area contributed by atoms with Crippen molar-refractivity contribution in [1.82, 2.24) is 9.62 Å². The van der Waals surface area contributed by atoms with Crippen LogP contribution in [0.25, 0.3) is 0 Å². The average Bonchev–Trinajstić information content (AvgIpc) is 2.77. The highest BCUT2D eigenvalue weighted by Crippen LogP contribution is 2.27. The Bertz CT molecular complexity index is 1070. The number of hydrogen-bond acceptors (Lipinski definition) is 6. The number of thiocarbonyl (C=S) groups is 1. The second kappa shape index (κ2) is 10.8. The number of nitrogens with one attached hydrogen (secondary N) is 2. The van der Waals surface area contributed by atoms with Gasteiger partial charge in [-0.15, -0.1) is 0 Å². The maximum atomic E-state index is 12.6. The summed E-state index contributed by atoms with van der Waals surface area (Å²) in [7, 11) is -3.20. The van der Waals surface area contributed by atoms with Crippen LogP contribution in [-0.4, -0.2) is 62.8 Å². The second-order valence-corrected chi connectivity index (χ2v) is 9.84. The van der Waals surface area contributed by atoms with Crippen molar-refractivity contribution in [2.45, 2.75) is 13.3 Å². The molecule has 0 aromatic heterocycles. The Balaban J connectivity index is 1.63. The fraction of sp³-hybridized carbons (Fsp3) is 0.364. The molecule has 0 unspecified atom stereocenters. The number of piperazine rings is 1. The largest absolute Gasteiger partial charge is 0.494 e. The Hall–Kier alpha value is -2.69. The van der Waals surface area contributed by atoms with E-state index < -0.39 is 10.0 Å². The first kappa shape index (κ1) is 24.0. The first-order chi connectivity index (χ1) is 15.3. The molecule has 1 amide bonds. The zero-order valence-corrected chi connectivity index (χ0v) is 19.8. The summed E-state index contributed by atoms with van der Waals surface area (Å²) in [6.07, 6.45) is 2.11. The monoisotopic (exact) mass is 476 g/mol. The van der Waals surface area contributed by atoms with Gasteiger partial charge in [0.05, 0.1) is 24.2 Å². The van der Waals surface area contributed by atoms with Gasteiger partial charge in [-0.3, -0.25) is 10.1 Å². The molecule has 0 bridgehead atoms. The quantitative estimate of drug-likeness (QED) is 0.594. The minimum Gasteiger partial charge on any atom is -0.494 e. The molecule has 1 heterocycles. The zero-order chi connectivity index (χ0) is 23.1. The van der Waals surface area contributed by atoms with Gasteiger partial charge >= 0.3 is 0 Å². The van der Waals surface area contributed by atoms with Crippen molar-refractivity contribution in [3.63, 3.8) is 0 Å². The predicted octanol–water partition coefficient (Wildman–Crippen LogP) is 2.68. The molecule has 172 valence electrons. The molecule has 0 aliphatic carbocycles. The molecule has 1 aliphatic heterocycles. The summed E-state index contributed by atoms with van der Waals surface area (Å²) in [6.45, 7) is 4.57. The number of rotatable bonds is 7. The highest BCUT2D eigenvalue weighted by atomic mass is 32.2. The lowest BCUT2D eigenvalue weighted by atomic mass is 10.2. The fourth-order valence-corrected chi connectivity index (χ4v) is 4.42. The zero-order valence-electron chi connectivity index (χ0n) is 18.2. The topological polar surface area (TPSA) is 91.0 Å². The van der Waals surface area contributed by atoms with Gasteiger partial charge in [-0.1, -0.05) is 25.1 Å². The van der Waals surface area contributed by atoms with Gasteiger partial charge in [0.1, 0.15) is 5.75 Å². The molecule has 2 aromatic rings. The van der Waals surface area contributed by atoms with Crippen LogP contribution in [0.5, 0.6) is 5.75 Å². The third kappa shape index (κ3) is 6.41. The van der Waals surface area contributed by atoms with Crippen molar-refractivity contribution in [3.05, 3.63) is 54.1 Å². The maximum Gasteiger partial charge on any atom is 0.257 e. The van der Waals surface area contributed by atoms with Crippen molar-refractivity contribution in [2.75, 3.05) is 49.3 Å². The SMILES string of the molecule is CCCOc1cccc(C(=O)NC(=S)Nc2ccccc2N2CCN(S(C)(=O)=O)CC2)c1. The number of amides is 1. The highest BCUT2D eigenvalue weighted by Gasteiger charge is 2.24. The summed E-state index contributed by atoms with van der Waals surface area (Å²) in [5.74, 6) is 0.306. The molecule has 3 rings (SSSR count). The van der Waals surface area contributed by atoms with Gasteiger partial charge in [-0.2, -0.15) is 4.31 Å². The summed E-state index contributed by atoms with van der Waals surface area (Å²) >= 11 is 5.36. The lowest BCUT2D eigenvalue weighted by Crippen LogP contribution is -2.48. The first-order valence-corrected chi connectivity index (χ1v) is 12.7. The number of sulfonamides is 1. The normalized spacial score (nSPS) is 14.6. The van der Waals surface area contributed by atoms with Crippen LogP contribution in [0.4, 0.5) is 11.4 Å². The number of para-hydroxylation sites is 2. The van der Waals surface area contributed by atoms with Crippen LogP contribution >= 0.6 is 12.2 Å². The van der Waals surface area contributed by atoms with E-state index in [1.165, 1.54) is 10.6 Å². The Morgan fingerprint density at radius 2 is 1.81 bits per heavy atom.